The maximum absolute atomic E-state index is 11.2. The van der Waals surface area contributed by atoms with Crippen molar-refractivity contribution in [2.75, 3.05) is 19.7 Å². The van der Waals surface area contributed by atoms with Crippen LogP contribution in [0.3, 0.4) is 0 Å². The standard InChI is InChI=1S/C11H19NO4.C2HF3O2/c1-8(2)10(13)16-7-9-4-3-5-12(6-9)11(14)15;3-2(4,5)1(6)7/h8-9H,3-7H2,1-2H3,(H,14,15);(H,6,7)/t9-;/m0./s1. The molecule has 10 heteroatoms. The van der Waals surface area contributed by atoms with Gasteiger partial charge in [0.25, 0.3) is 0 Å². The molecule has 0 aromatic carbocycles. The molecular formula is C13H20F3NO6. The number of amides is 1. The SMILES string of the molecule is CC(C)C(=O)OC[C@H]1CCCN(C(=O)O)C1.O=C(O)C(F)(F)F. The smallest absolute Gasteiger partial charge is 0.475 e. The minimum absolute atomic E-state index is 0.126. The van der Waals surface area contributed by atoms with E-state index in [1.54, 1.807) is 13.8 Å². The number of carboxylic acids is 1. The predicted octanol–water partition coefficient (Wildman–Crippen LogP) is 2.21. The number of aliphatic carboxylic acids is 1. The first kappa shape index (κ1) is 21.0. The van der Waals surface area contributed by atoms with E-state index in [-0.39, 0.29) is 17.8 Å². The second kappa shape index (κ2) is 9.21. The highest BCUT2D eigenvalue weighted by Gasteiger charge is 2.38. The van der Waals surface area contributed by atoms with Crippen LogP contribution < -0.4 is 0 Å². The molecule has 0 radical (unpaired) electrons. The third-order valence-electron chi connectivity index (χ3n) is 2.96. The van der Waals surface area contributed by atoms with E-state index in [9.17, 15) is 22.8 Å². The minimum Gasteiger partial charge on any atom is -0.475 e. The van der Waals surface area contributed by atoms with Crippen molar-refractivity contribution in [2.24, 2.45) is 11.8 Å². The number of likely N-dealkylation sites (tertiary alicyclic amines) is 1. The molecule has 1 amide bonds. The number of esters is 1. The topological polar surface area (TPSA) is 104 Å². The van der Waals surface area contributed by atoms with Crippen molar-refractivity contribution in [1.82, 2.24) is 4.90 Å². The summed E-state index contributed by atoms with van der Waals surface area (Å²) in [6, 6.07) is 0. The highest BCUT2D eigenvalue weighted by Crippen LogP contribution is 2.17. The van der Waals surface area contributed by atoms with Gasteiger partial charge < -0.3 is 19.8 Å². The largest absolute Gasteiger partial charge is 0.490 e. The summed E-state index contributed by atoms with van der Waals surface area (Å²) in [6.07, 6.45) is -4.20. The van der Waals surface area contributed by atoms with Crippen molar-refractivity contribution >= 4 is 18.0 Å². The van der Waals surface area contributed by atoms with Crippen molar-refractivity contribution in [1.29, 1.82) is 0 Å². The van der Waals surface area contributed by atoms with Crippen LogP contribution in [-0.4, -0.2) is 59.0 Å². The summed E-state index contributed by atoms with van der Waals surface area (Å²) in [4.78, 5) is 32.3. The Balaban J connectivity index is 0.000000585. The van der Waals surface area contributed by atoms with E-state index in [0.717, 1.165) is 12.8 Å². The molecule has 1 heterocycles. The summed E-state index contributed by atoms with van der Waals surface area (Å²) in [6.45, 7) is 4.96. The fraction of sp³-hybridized carbons (Fsp3) is 0.769. The first-order chi connectivity index (χ1) is 10.4. The number of carbonyl (C=O) groups is 3. The maximum atomic E-state index is 11.2. The molecule has 1 aliphatic heterocycles. The first-order valence-corrected chi connectivity index (χ1v) is 6.89. The van der Waals surface area contributed by atoms with E-state index in [0.29, 0.717) is 19.7 Å². The fourth-order valence-corrected chi connectivity index (χ4v) is 1.74. The molecule has 0 aliphatic carbocycles. The molecule has 0 unspecified atom stereocenters. The van der Waals surface area contributed by atoms with Gasteiger partial charge in [-0.05, 0) is 12.8 Å². The lowest BCUT2D eigenvalue weighted by molar-refractivity contribution is -0.192. The lowest BCUT2D eigenvalue weighted by Gasteiger charge is -2.30. The number of piperidine rings is 1. The Morgan fingerprint density at radius 2 is 1.78 bits per heavy atom. The van der Waals surface area contributed by atoms with Crippen LogP contribution in [0.15, 0.2) is 0 Å². The van der Waals surface area contributed by atoms with E-state index in [1.165, 1.54) is 4.90 Å². The second-order valence-electron chi connectivity index (χ2n) is 5.32. The summed E-state index contributed by atoms with van der Waals surface area (Å²) in [7, 11) is 0. The molecule has 1 atom stereocenters. The molecule has 1 saturated heterocycles. The van der Waals surface area contributed by atoms with Crippen LogP contribution in [0.25, 0.3) is 0 Å². The van der Waals surface area contributed by atoms with Gasteiger partial charge in [-0.3, -0.25) is 4.79 Å². The van der Waals surface area contributed by atoms with Gasteiger partial charge >= 0.3 is 24.2 Å². The van der Waals surface area contributed by atoms with E-state index >= 15 is 0 Å². The number of halogens is 3. The van der Waals surface area contributed by atoms with Crippen molar-refractivity contribution in [3.8, 4) is 0 Å². The highest BCUT2D eigenvalue weighted by molar-refractivity contribution is 5.73. The molecule has 0 aromatic heterocycles. The zero-order valence-corrected chi connectivity index (χ0v) is 12.8. The summed E-state index contributed by atoms with van der Waals surface area (Å²) in [5.41, 5.74) is 0. The monoisotopic (exact) mass is 343 g/mol. The molecule has 0 bridgehead atoms. The van der Waals surface area contributed by atoms with E-state index in [4.69, 9.17) is 19.7 Å². The molecule has 134 valence electrons. The molecule has 7 nitrogen and oxygen atoms in total. The second-order valence-corrected chi connectivity index (χ2v) is 5.32. The number of alkyl halides is 3. The molecule has 0 spiro atoms. The Morgan fingerprint density at radius 3 is 2.17 bits per heavy atom. The number of nitrogens with zero attached hydrogens (tertiary/aromatic N) is 1. The number of ether oxygens (including phenoxy) is 1. The first-order valence-electron chi connectivity index (χ1n) is 6.89. The van der Waals surface area contributed by atoms with Gasteiger partial charge in [-0.25, -0.2) is 9.59 Å². The molecule has 0 saturated carbocycles. The molecule has 2 N–H and O–H groups in total. The van der Waals surface area contributed by atoms with Gasteiger partial charge in [0.05, 0.1) is 12.5 Å². The Labute approximate surface area is 131 Å². The van der Waals surface area contributed by atoms with Crippen LogP contribution in [-0.2, 0) is 14.3 Å². The highest BCUT2D eigenvalue weighted by atomic mass is 19.4. The van der Waals surface area contributed by atoms with Crippen molar-refractivity contribution in [3.63, 3.8) is 0 Å². The third kappa shape index (κ3) is 8.89. The Hall–Kier alpha value is -2.00. The average molecular weight is 343 g/mol. The van der Waals surface area contributed by atoms with Crippen LogP contribution in [0.1, 0.15) is 26.7 Å². The summed E-state index contributed by atoms with van der Waals surface area (Å²) in [5, 5.41) is 16.0. The fourth-order valence-electron chi connectivity index (χ4n) is 1.74. The normalized spacial score (nSPS) is 18.0. The summed E-state index contributed by atoms with van der Waals surface area (Å²) in [5.74, 6) is -2.95. The van der Waals surface area contributed by atoms with Crippen LogP contribution in [0.2, 0.25) is 0 Å². The van der Waals surface area contributed by atoms with Crippen molar-refractivity contribution in [2.45, 2.75) is 32.9 Å². The molecular weight excluding hydrogens is 323 g/mol. The van der Waals surface area contributed by atoms with Gasteiger partial charge in [0.1, 0.15) is 0 Å². The lowest BCUT2D eigenvalue weighted by atomic mass is 9.99. The predicted molar refractivity (Wildman–Crippen MR) is 71.8 cm³/mol. The average Bonchev–Trinajstić information content (AvgIpc) is 2.44. The lowest BCUT2D eigenvalue weighted by Crippen LogP contribution is -2.40. The van der Waals surface area contributed by atoms with Crippen molar-refractivity contribution in [3.05, 3.63) is 0 Å². The van der Waals surface area contributed by atoms with Gasteiger partial charge in [-0.2, -0.15) is 13.2 Å². The Kier molecular flexibility index (Phi) is 8.41. The van der Waals surface area contributed by atoms with Crippen LogP contribution in [0.4, 0.5) is 18.0 Å². The zero-order chi connectivity index (χ0) is 18.2. The van der Waals surface area contributed by atoms with Gasteiger partial charge in [0.2, 0.25) is 0 Å². The molecule has 23 heavy (non-hydrogen) atoms. The molecule has 1 rings (SSSR count). The quantitative estimate of drug-likeness (QED) is 0.762. The summed E-state index contributed by atoms with van der Waals surface area (Å²) >= 11 is 0. The van der Waals surface area contributed by atoms with Gasteiger partial charge in [0.15, 0.2) is 0 Å². The van der Waals surface area contributed by atoms with E-state index < -0.39 is 18.2 Å². The Bertz CT molecular complexity index is 424. The number of carbonyl (C=O) groups excluding carboxylic acids is 1. The van der Waals surface area contributed by atoms with E-state index in [1.807, 2.05) is 0 Å². The maximum Gasteiger partial charge on any atom is 0.490 e. The zero-order valence-electron chi connectivity index (χ0n) is 12.8. The van der Waals surface area contributed by atoms with Gasteiger partial charge in [-0.1, -0.05) is 13.8 Å². The molecule has 1 aliphatic rings. The van der Waals surface area contributed by atoms with Crippen molar-refractivity contribution < 1.29 is 42.5 Å². The van der Waals surface area contributed by atoms with Crippen LogP contribution >= 0.6 is 0 Å². The molecule has 1 fully saturated rings. The van der Waals surface area contributed by atoms with Crippen LogP contribution in [0, 0.1) is 11.8 Å². The molecule has 0 aromatic rings. The van der Waals surface area contributed by atoms with E-state index in [2.05, 4.69) is 0 Å². The summed E-state index contributed by atoms with van der Waals surface area (Å²) < 4.78 is 36.8. The number of hydrogen-bond acceptors (Lipinski definition) is 4. The van der Waals surface area contributed by atoms with Crippen LogP contribution in [0.5, 0.6) is 0 Å². The number of rotatable bonds is 3. The van der Waals surface area contributed by atoms with Gasteiger partial charge in [-0.15, -0.1) is 0 Å². The van der Waals surface area contributed by atoms with Gasteiger partial charge in [0, 0.05) is 19.0 Å². The number of carboxylic acid groups (broad SMARTS) is 2. The minimum atomic E-state index is -5.08. The Morgan fingerprint density at radius 1 is 1.26 bits per heavy atom. The third-order valence-corrected chi connectivity index (χ3v) is 2.96. The number of hydrogen-bond donors (Lipinski definition) is 2.